The lowest BCUT2D eigenvalue weighted by Crippen LogP contribution is -2.50. The molecule has 1 aliphatic rings. The van der Waals surface area contributed by atoms with Gasteiger partial charge in [0.05, 0.1) is 5.60 Å². The second kappa shape index (κ2) is 7.02. The predicted octanol–water partition coefficient (Wildman–Crippen LogP) is 2.09. The van der Waals surface area contributed by atoms with Crippen LogP contribution in [0, 0.1) is 0 Å². The van der Waals surface area contributed by atoms with Crippen molar-refractivity contribution in [1.29, 1.82) is 0 Å². The number of benzene rings is 1. The fourth-order valence-corrected chi connectivity index (χ4v) is 2.58. The average molecular weight is 274 g/mol. The molecule has 1 N–H and O–H groups in total. The van der Waals surface area contributed by atoms with E-state index in [2.05, 4.69) is 46.2 Å². The highest BCUT2D eigenvalue weighted by molar-refractivity contribution is 5.48. The summed E-state index contributed by atoms with van der Waals surface area (Å²) in [7, 11) is 0. The van der Waals surface area contributed by atoms with Crippen LogP contribution in [0.1, 0.15) is 19.4 Å². The van der Waals surface area contributed by atoms with E-state index in [-0.39, 0.29) is 0 Å². The average Bonchev–Trinajstić information content (AvgIpc) is 2.40. The zero-order valence-corrected chi connectivity index (χ0v) is 12.6. The smallest absolute Gasteiger partial charge is 0.0718 e. The molecule has 2 rings (SSSR count). The standard InChI is InChI=1S/C17H26N2O/c1-17(2,20)15-19-13-11-18(12-14-19)10-6-9-16-7-4-3-5-8-16/h3-9,20H,10-15H2,1-2H3. The molecule has 0 atom stereocenters. The van der Waals surface area contributed by atoms with Crippen molar-refractivity contribution >= 4 is 6.08 Å². The van der Waals surface area contributed by atoms with Crippen LogP contribution in [0.4, 0.5) is 0 Å². The number of β-amino-alcohol motifs (C(OH)–C–C–N with tert-alkyl or cyclic N) is 1. The zero-order valence-electron chi connectivity index (χ0n) is 12.6. The minimum absolute atomic E-state index is 0.588. The molecule has 1 fully saturated rings. The molecule has 1 saturated heterocycles. The van der Waals surface area contributed by atoms with Gasteiger partial charge in [-0.1, -0.05) is 42.5 Å². The quantitative estimate of drug-likeness (QED) is 0.890. The number of aliphatic hydroxyl groups is 1. The first-order valence-electron chi connectivity index (χ1n) is 7.42. The maximum Gasteiger partial charge on any atom is 0.0718 e. The minimum Gasteiger partial charge on any atom is -0.389 e. The Hall–Kier alpha value is -1.16. The highest BCUT2D eigenvalue weighted by Crippen LogP contribution is 2.09. The third-order valence-electron chi connectivity index (χ3n) is 3.55. The molecule has 0 saturated carbocycles. The molecule has 1 aliphatic heterocycles. The van der Waals surface area contributed by atoms with Crippen LogP contribution < -0.4 is 0 Å². The Morgan fingerprint density at radius 1 is 1.05 bits per heavy atom. The summed E-state index contributed by atoms with van der Waals surface area (Å²) in [6.45, 7) is 9.77. The molecular weight excluding hydrogens is 248 g/mol. The van der Waals surface area contributed by atoms with Gasteiger partial charge in [0, 0.05) is 39.3 Å². The molecule has 1 aromatic rings. The summed E-state index contributed by atoms with van der Waals surface area (Å²) in [4.78, 5) is 4.80. The van der Waals surface area contributed by atoms with E-state index in [1.54, 1.807) is 0 Å². The molecule has 0 bridgehead atoms. The molecule has 20 heavy (non-hydrogen) atoms. The van der Waals surface area contributed by atoms with Crippen LogP contribution in [0.15, 0.2) is 36.4 Å². The van der Waals surface area contributed by atoms with Crippen molar-refractivity contribution in [2.24, 2.45) is 0 Å². The third-order valence-corrected chi connectivity index (χ3v) is 3.55. The number of piperazine rings is 1. The van der Waals surface area contributed by atoms with E-state index in [0.717, 1.165) is 39.3 Å². The van der Waals surface area contributed by atoms with Gasteiger partial charge in [-0.05, 0) is 19.4 Å². The normalized spacial score (nSPS) is 18.8. The van der Waals surface area contributed by atoms with Crippen molar-refractivity contribution in [3.8, 4) is 0 Å². The van der Waals surface area contributed by atoms with Crippen molar-refractivity contribution in [3.05, 3.63) is 42.0 Å². The van der Waals surface area contributed by atoms with Gasteiger partial charge in [-0.3, -0.25) is 9.80 Å². The van der Waals surface area contributed by atoms with E-state index in [0.29, 0.717) is 0 Å². The largest absolute Gasteiger partial charge is 0.389 e. The fourth-order valence-electron chi connectivity index (χ4n) is 2.58. The summed E-state index contributed by atoms with van der Waals surface area (Å²) in [5, 5.41) is 9.84. The van der Waals surface area contributed by atoms with Gasteiger partial charge in [0.1, 0.15) is 0 Å². The van der Waals surface area contributed by atoms with E-state index in [9.17, 15) is 5.11 Å². The molecule has 0 spiro atoms. The van der Waals surface area contributed by atoms with Crippen LogP contribution in [0.5, 0.6) is 0 Å². The van der Waals surface area contributed by atoms with Crippen molar-refractivity contribution < 1.29 is 5.11 Å². The molecule has 110 valence electrons. The summed E-state index contributed by atoms with van der Waals surface area (Å²) >= 11 is 0. The topological polar surface area (TPSA) is 26.7 Å². The van der Waals surface area contributed by atoms with Crippen molar-refractivity contribution in [3.63, 3.8) is 0 Å². The maximum absolute atomic E-state index is 9.84. The number of rotatable bonds is 5. The number of hydrogen-bond acceptors (Lipinski definition) is 3. The number of hydrogen-bond donors (Lipinski definition) is 1. The minimum atomic E-state index is -0.588. The Bertz CT molecular complexity index is 414. The predicted molar refractivity (Wildman–Crippen MR) is 84.7 cm³/mol. The Balaban J connectivity index is 1.71. The van der Waals surface area contributed by atoms with Gasteiger partial charge in [-0.25, -0.2) is 0 Å². The van der Waals surface area contributed by atoms with Gasteiger partial charge in [0.15, 0.2) is 0 Å². The summed E-state index contributed by atoms with van der Waals surface area (Å²) in [6.07, 6.45) is 4.42. The van der Waals surface area contributed by atoms with Gasteiger partial charge >= 0.3 is 0 Å². The SMILES string of the molecule is CC(C)(O)CN1CCN(CC=Cc2ccccc2)CC1. The Morgan fingerprint density at radius 3 is 2.25 bits per heavy atom. The summed E-state index contributed by atoms with van der Waals surface area (Å²) < 4.78 is 0. The van der Waals surface area contributed by atoms with E-state index in [4.69, 9.17) is 0 Å². The van der Waals surface area contributed by atoms with Crippen molar-refractivity contribution in [2.45, 2.75) is 19.4 Å². The molecule has 0 unspecified atom stereocenters. The molecule has 1 aromatic carbocycles. The van der Waals surface area contributed by atoms with E-state index in [1.807, 2.05) is 19.9 Å². The summed E-state index contributed by atoms with van der Waals surface area (Å²) in [6, 6.07) is 10.4. The van der Waals surface area contributed by atoms with Crippen molar-refractivity contribution in [1.82, 2.24) is 9.80 Å². The molecule has 1 heterocycles. The van der Waals surface area contributed by atoms with Gasteiger partial charge < -0.3 is 5.11 Å². The first-order chi connectivity index (χ1) is 9.53. The highest BCUT2D eigenvalue weighted by Gasteiger charge is 2.21. The first-order valence-corrected chi connectivity index (χ1v) is 7.42. The lowest BCUT2D eigenvalue weighted by atomic mass is 10.1. The lowest BCUT2D eigenvalue weighted by Gasteiger charge is -2.36. The summed E-state index contributed by atoms with van der Waals surface area (Å²) in [5.41, 5.74) is 0.670. The van der Waals surface area contributed by atoms with E-state index in [1.165, 1.54) is 5.56 Å². The monoisotopic (exact) mass is 274 g/mol. The van der Waals surface area contributed by atoms with Crippen LogP contribution in [-0.2, 0) is 0 Å². The highest BCUT2D eigenvalue weighted by atomic mass is 16.3. The lowest BCUT2D eigenvalue weighted by molar-refractivity contribution is 0.0193. The first kappa shape index (κ1) is 15.2. The van der Waals surface area contributed by atoms with E-state index < -0.39 is 5.60 Å². The third kappa shape index (κ3) is 5.45. The van der Waals surface area contributed by atoms with Gasteiger partial charge in [0.2, 0.25) is 0 Å². The van der Waals surface area contributed by atoms with Gasteiger partial charge in [0.25, 0.3) is 0 Å². The van der Waals surface area contributed by atoms with Crippen LogP contribution >= 0.6 is 0 Å². The summed E-state index contributed by atoms with van der Waals surface area (Å²) in [5.74, 6) is 0. The van der Waals surface area contributed by atoms with Gasteiger partial charge in [-0.15, -0.1) is 0 Å². The molecule has 0 radical (unpaired) electrons. The Kier molecular flexibility index (Phi) is 5.35. The molecule has 3 heteroatoms. The number of nitrogens with zero attached hydrogens (tertiary/aromatic N) is 2. The second-order valence-corrected chi connectivity index (χ2v) is 6.20. The Morgan fingerprint density at radius 2 is 1.65 bits per heavy atom. The molecular formula is C17H26N2O. The molecule has 0 aromatic heterocycles. The Labute approximate surface area is 122 Å². The van der Waals surface area contributed by atoms with Crippen molar-refractivity contribution in [2.75, 3.05) is 39.3 Å². The van der Waals surface area contributed by atoms with Crippen LogP contribution in [0.3, 0.4) is 0 Å². The molecule has 0 amide bonds. The van der Waals surface area contributed by atoms with E-state index >= 15 is 0 Å². The second-order valence-electron chi connectivity index (χ2n) is 6.20. The van der Waals surface area contributed by atoms with Crippen LogP contribution in [-0.4, -0.2) is 59.8 Å². The maximum atomic E-state index is 9.84. The van der Waals surface area contributed by atoms with Crippen LogP contribution in [0.25, 0.3) is 6.08 Å². The molecule has 0 aliphatic carbocycles. The van der Waals surface area contributed by atoms with Gasteiger partial charge in [-0.2, -0.15) is 0 Å². The molecule has 3 nitrogen and oxygen atoms in total. The fraction of sp³-hybridized carbons (Fsp3) is 0.529. The zero-order chi connectivity index (χ0) is 14.4. The van der Waals surface area contributed by atoms with Crippen LogP contribution in [0.2, 0.25) is 0 Å².